The predicted octanol–water partition coefficient (Wildman–Crippen LogP) is 3.43. The molecule has 2 rings (SSSR count). The molecule has 0 aliphatic heterocycles. The van der Waals surface area contributed by atoms with Crippen molar-refractivity contribution < 1.29 is 4.74 Å². The van der Waals surface area contributed by atoms with Gasteiger partial charge >= 0.3 is 0 Å². The van der Waals surface area contributed by atoms with Crippen molar-refractivity contribution in [3.8, 4) is 5.75 Å². The van der Waals surface area contributed by atoms with Gasteiger partial charge in [0.05, 0.1) is 7.11 Å². The van der Waals surface area contributed by atoms with Gasteiger partial charge in [0, 0.05) is 24.7 Å². The smallest absolute Gasteiger partial charge is 0.123 e. The van der Waals surface area contributed by atoms with Gasteiger partial charge in [0.25, 0.3) is 0 Å². The van der Waals surface area contributed by atoms with Crippen LogP contribution in [0.15, 0.2) is 18.2 Å². The first-order valence-corrected chi connectivity index (χ1v) is 8.14. The molecule has 0 atom stereocenters. The lowest BCUT2D eigenvalue weighted by Crippen LogP contribution is -2.34. The lowest BCUT2D eigenvalue weighted by molar-refractivity contribution is 0.162. The molecule has 3 nitrogen and oxygen atoms in total. The van der Waals surface area contributed by atoms with Gasteiger partial charge in [-0.15, -0.1) is 0 Å². The number of ether oxygens (including phenoxy) is 1. The van der Waals surface area contributed by atoms with Crippen molar-refractivity contribution in [1.82, 2.24) is 10.2 Å². The Morgan fingerprint density at radius 2 is 1.95 bits per heavy atom. The van der Waals surface area contributed by atoms with Crippen molar-refractivity contribution in [2.75, 3.05) is 21.2 Å². The van der Waals surface area contributed by atoms with Gasteiger partial charge in [-0.1, -0.05) is 13.0 Å². The summed E-state index contributed by atoms with van der Waals surface area (Å²) in [4.78, 5) is 2.51. The van der Waals surface area contributed by atoms with E-state index in [1.54, 1.807) is 7.11 Å². The van der Waals surface area contributed by atoms with E-state index < -0.39 is 0 Å². The van der Waals surface area contributed by atoms with E-state index in [1.165, 1.54) is 36.8 Å². The number of hydrogen-bond donors (Lipinski definition) is 1. The molecule has 0 radical (unpaired) electrons. The number of hydrogen-bond acceptors (Lipinski definition) is 3. The van der Waals surface area contributed by atoms with Crippen molar-refractivity contribution in [1.29, 1.82) is 0 Å². The highest BCUT2D eigenvalue weighted by Gasteiger charge is 2.22. The Morgan fingerprint density at radius 1 is 1.24 bits per heavy atom. The van der Waals surface area contributed by atoms with Crippen LogP contribution in [-0.2, 0) is 13.1 Å². The van der Waals surface area contributed by atoms with Crippen LogP contribution in [0.5, 0.6) is 5.75 Å². The van der Waals surface area contributed by atoms with Crippen LogP contribution in [0.25, 0.3) is 0 Å². The van der Waals surface area contributed by atoms with Crippen LogP contribution in [-0.4, -0.2) is 32.1 Å². The third kappa shape index (κ3) is 4.45. The van der Waals surface area contributed by atoms with Crippen molar-refractivity contribution in [3.05, 3.63) is 29.3 Å². The van der Waals surface area contributed by atoms with Crippen LogP contribution in [0.4, 0.5) is 0 Å². The monoisotopic (exact) mass is 290 g/mol. The average molecular weight is 290 g/mol. The molecule has 1 fully saturated rings. The molecule has 0 bridgehead atoms. The van der Waals surface area contributed by atoms with Gasteiger partial charge in [-0.25, -0.2) is 0 Å². The topological polar surface area (TPSA) is 24.5 Å². The fourth-order valence-corrected chi connectivity index (χ4v) is 3.35. The Kier molecular flexibility index (Phi) is 6.07. The van der Waals surface area contributed by atoms with E-state index in [2.05, 4.69) is 42.4 Å². The highest BCUT2D eigenvalue weighted by Crippen LogP contribution is 2.29. The molecule has 1 aliphatic carbocycles. The summed E-state index contributed by atoms with van der Waals surface area (Å²) in [5.41, 5.74) is 2.62. The average Bonchev–Trinajstić information content (AvgIpc) is 2.48. The maximum absolute atomic E-state index is 5.54. The molecule has 21 heavy (non-hydrogen) atoms. The molecule has 0 amide bonds. The molecule has 0 saturated heterocycles. The Morgan fingerprint density at radius 3 is 2.57 bits per heavy atom. The number of nitrogens with zero attached hydrogens (tertiary/aromatic N) is 1. The first-order valence-electron chi connectivity index (χ1n) is 8.14. The fraction of sp³-hybridized carbons (Fsp3) is 0.667. The van der Waals surface area contributed by atoms with Crippen molar-refractivity contribution in [3.63, 3.8) is 0 Å². The molecule has 0 aromatic heterocycles. The second-order valence-corrected chi connectivity index (χ2v) is 6.51. The Bertz CT molecular complexity index is 439. The van der Waals surface area contributed by atoms with E-state index in [-0.39, 0.29) is 0 Å². The summed E-state index contributed by atoms with van der Waals surface area (Å²) in [7, 11) is 6.00. The molecule has 0 spiro atoms. The normalized spacial score (nSPS) is 22.5. The number of methoxy groups -OCH3 is 1. The maximum atomic E-state index is 5.54. The van der Waals surface area contributed by atoms with Gasteiger partial charge in [-0.05, 0) is 63.4 Å². The zero-order chi connectivity index (χ0) is 15.2. The zero-order valence-corrected chi connectivity index (χ0v) is 14.0. The third-order valence-electron chi connectivity index (χ3n) is 4.75. The summed E-state index contributed by atoms with van der Waals surface area (Å²) < 4.78 is 5.54. The van der Waals surface area contributed by atoms with Crippen molar-refractivity contribution in [2.24, 2.45) is 5.92 Å². The molecule has 1 aliphatic rings. The minimum Gasteiger partial charge on any atom is -0.496 e. The van der Waals surface area contributed by atoms with Gasteiger partial charge in [0.15, 0.2) is 0 Å². The summed E-state index contributed by atoms with van der Waals surface area (Å²) in [6, 6.07) is 7.23. The molecule has 0 unspecified atom stereocenters. The van der Waals surface area contributed by atoms with Gasteiger partial charge in [-0.2, -0.15) is 0 Å². The minimum absolute atomic E-state index is 0.721. The van der Waals surface area contributed by atoms with Gasteiger partial charge in [-0.3, -0.25) is 4.90 Å². The van der Waals surface area contributed by atoms with Gasteiger partial charge in [0.2, 0.25) is 0 Å². The number of nitrogens with one attached hydrogen (secondary N) is 1. The predicted molar refractivity (Wildman–Crippen MR) is 88.6 cm³/mol. The van der Waals surface area contributed by atoms with Crippen LogP contribution in [0.1, 0.15) is 43.7 Å². The van der Waals surface area contributed by atoms with E-state index in [0.717, 1.165) is 30.8 Å². The quantitative estimate of drug-likeness (QED) is 0.869. The highest BCUT2D eigenvalue weighted by molar-refractivity contribution is 5.37. The van der Waals surface area contributed by atoms with Crippen LogP contribution >= 0.6 is 0 Å². The molecule has 1 N–H and O–H groups in total. The zero-order valence-electron chi connectivity index (χ0n) is 14.0. The van der Waals surface area contributed by atoms with Gasteiger partial charge < -0.3 is 10.1 Å². The summed E-state index contributed by atoms with van der Waals surface area (Å²) in [5, 5.41) is 3.22. The van der Waals surface area contributed by atoms with Crippen molar-refractivity contribution >= 4 is 0 Å². The number of benzene rings is 1. The molecule has 118 valence electrons. The van der Waals surface area contributed by atoms with E-state index in [9.17, 15) is 0 Å². The number of rotatable bonds is 6. The van der Waals surface area contributed by atoms with Crippen LogP contribution < -0.4 is 10.1 Å². The lowest BCUT2D eigenvalue weighted by Gasteiger charge is -2.34. The summed E-state index contributed by atoms with van der Waals surface area (Å²) in [6.07, 6.45) is 5.39. The molecule has 0 heterocycles. The van der Waals surface area contributed by atoms with Crippen LogP contribution in [0, 0.1) is 5.92 Å². The largest absolute Gasteiger partial charge is 0.496 e. The van der Waals surface area contributed by atoms with Crippen molar-refractivity contribution in [2.45, 2.75) is 51.7 Å². The van der Waals surface area contributed by atoms with Crippen LogP contribution in [0.2, 0.25) is 0 Å². The highest BCUT2D eigenvalue weighted by atomic mass is 16.5. The Hall–Kier alpha value is -1.06. The molecular weight excluding hydrogens is 260 g/mol. The van der Waals surface area contributed by atoms with E-state index in [0.29, 0.717) is 0 Å². The molecule has 1 aromatic carbocycles. The molecule has 1 saturated carbocycles. The summed E-state index contributed by atoms with van der Waals surface area (Å²) in [6.45, 7) is 4.25. The third-order valence-corrected chi connectivity index (χ3v) is 4.75. The second-order valence-electron chi connectivity index (χ2n) is 6.51. The SMILES string of the molecule is CNCc1ccc(OC)c(CN(C)C2CCC(C)CC2)c1. The first-order chi connectivity index (χ1) is 10.1. The first kappa shape index (κ1) is 16.3. The molecular formula is C18H30N2O. The summed E-state index contributed by atoms with van der Waals surface area (Å²) >= 11 is 0. The fourth-order valence-electron chi connectivity index (χ4n) is 3.35. The van der Waals surface area contributed by atoms with Crippen LogP contribution in [0.3, 0.4) is 0 Å². The van der Waals surface area contributed by atoms with E-state index >= 15 is 0 Å². The second kappa shape index (κ2) is 7.81. The van der Waals surface area contributed by atoms with E-state index in [4.69, 9.17) is 4.74 Å². The minimum atomic E-state index is 0.721. The standard InChI is InChI=1S/C18H30N2O/c1-14-5-8-17(9-6-14)20(3)13-16-11-15(12-19-2)7-10-18(16)21-4/h7,10-11,14,17,19H,5-6,8-9,12-13H2,1-4H3. The maximum Gasteiger partial charge on any atom is 0.123 e. The van der Waals surface area contributed by atoms with Gasteiger partial charge in [0.1, 0.15) is 5.75 Å². The Balaban J connectivity index is 2.04. The lowest BCUT2D eigenvalue weighted by atomic mass is 9.86. The Labute approximate surface area is 129 Å². The van der Waals surface area contributed by atoms with E-state index in [1.807, 2.05) is 7.05 Å². The summed E-state index contributed by atoms with van der Waals surface area (Å²) in [5.74, 6) is 1.91. The molecule has 1 aromatic rings. The molecule has 3 heteroatoms.